The Hall–Kier alpha value is -1.91. The maximum atomic E-state index is 12.6. The number of nitriles is 1. The average Bonchev–Trinajstić information content (AvgIpc) is 2.54. The van der Waals surface area contributed by atoms with Crippen molar-refractivity contribution < 1.29 is 13.2 Å². The second kappa shape index (κ2) is 7.77. The van der Waals surface area contributed by atoms with Crippen LogP contribution in [0.4, 0.5) is 0 Å². The fourth-order valence-corrected chi connectivity index (χ4v) is 4.18. The molecule has 0 spiro atoms. The lowest BCUT2D eigenvalue weighted by molar-refractivity contribution is 0.0533. The zero-order valence-electron chi connectivity index (χ0n) is 14.1. The Morgan fingerprint density at radius 3 is 2.54 bits per heavy atom. The molecule has 7 heteroatoms. The Morgan fingerprint density at radius 1 is 1.29 bits per heavy atom. The highest BCUT2D eigenvalue weighted by molar-refractivity contribution is 7.91. The Kier molecular flexibility index (Phi) is 5.97. The van der Waals surface area contributed by atoms with Crippen molar-refractivity contribution in [3.63, 3.8) is 0 Å². The van der Waals surface area contributed by atoms with Crippen LogP contribution in [0.15, 0.2) is 29.2 Å². The molecular formula is C17H23N3O3S. The molecule has 2 rings (SSSR count). The summed E-state index contributed by atoms with van der Waals surface area (Å²) in [6.07, 6.45) is 0.537. The molecule has 130 valence electrons. The van der Waals surface area contributed by atoms with E-state index in [9.17, 15) is 13.2 Å². The van der Waals surface area contributed by atoms with Gasteiger partial charge in [0.1, 0.15) is 0 Å². The van der Waals surface area contributed by atoms with Crippen molar-refractivity contribution in [1.29, 1.82) is 5.26 Å². The van der Waals surface area contributed by atoms with Crippen molar-refractivity contribution in [1.82, 2.24) is 9.80 Å². The van der Waals surface area contributed by atoms with Gasteiger partial charge in [0.15, 0.2) is 9.84 Å². The Morgan fingerprint density at radius 2 is 1.96 bits per heavy atom. The third-order valence-corrected chi connectivity index (χ3v) is 6.07. The molecule has 24 heavy (non-hydrogen) atoms. The number of carbonyl (C=O) groups excluding carboxylic acids is 1. The number of hydrogen-bond acceptors (Lipinski definition) is 5. The lowest BCUT2D eigenvalue weighted by atomic mass is 10.1. The molecule has 0 bridgehead atoms. The maximum Gasteiger partial charge on any atom is 0.254 e. The molecule has 0 aliphatic carbocycles. The van der Waals surface area contributed by atoms with E-state index in [1.807, 2.05) is 24.9 Å². The molecule has 1 aliphatic heterocycles. The summed E-state index contributed by atoms with van der Waals surface area (Å²) in [7, 11) is -1.37. The van der Waals surface area contributed by atoms with Gasteiger partial charge in [-0.25, -0.2) is 8.42 Å². The van der Waals surface area contributed by atoms with Crippen LogP contribution in [0, 0.1) is 11.3 Å². The molecule has 0 unspecified atom stereocenters. The van der Waals surface area contributed by atoms with Crippen molar-refractivity contribution >= 4 is 15.7 Å². The van der Waals surface area contributed by atoms with Gasteiger partial charge in [-0.1, -0.05) is 0 Å². The Balaban J connectivity index is 2.09. The van der Waals surface area contributed by atoms with Crippen molar-refractivity contribution in [3.05, 3.63) is 29.8 Å². The molecule has 1 aliphatic rings. The fourth-order valence-electron chi connectivity index (χ4n) is 2.87. The van der Waals surface area contributed by atoms with Gasteiger partial charge < -0.3 is 9.80 Å². The van der Waals surface area contributed by atoms with Crippen molar-refractivity contribution in [2.24, 2.45) is 0 Å². The summed E-state index contributed by atoms with van der Waals surface area (Å²) in [6.45, 7) is 4.35. The Bertz CT molecular complexity index is 722. The van der Waals surface area contributed by atoms with Crippen LogP contribution in [0.3, 0.4) is 0 Å². The topological polar surface area (TPSA) is 81.5 Å². The lowest BCUT2D eigenvalue weighted by Gasteiger charge is -2.38. The summed E-state index contributed by atoms with van der Waals surface area (Å²) >= 11 is 0. The van der Waals surface area contributed by atoms with Crippen LogP contribution in [0.2, 0.25) is 0 Å². The van der Waals surface area contributed by atoms with E-state index in [2.05, 4.69) is 4.90 Å². The van der Waals surface area contributed by atoms with E-state index in [0.717, 1.165) is 13.1 Å². The molecular weight excluding hydrogens is 326 g/mol. The maximum absolute atomic E-state index is 12.6. The SMILES string of the molecule is C[C@@H]1CN(C)CCN1C(=O)c1ccc(S(=O)(=O)CCCC#N)cc1. The van der Waals surface area contributed by atoms with E-state index in [4.69, 9.17) is 5.26 Å². The first-order chi connectivity index (χ1) is 11.3. The van der Waals surface area contributed by atoms with Crippen LogP contribution in [0.1, 0.15) is 30.1 Å². The van der Waals surface area contributed by atoms with E-state index in [0.29, 0.717) is 18.5 Å². The lowest BCUT2D eigenvalue weighted by Crippen LogP contribution is -2.52. The first kappa shape index (κ1) is 18.4. The smallest absolute Gasteiger partial charge is 0.254 e. The second-order valence-corrected chi connectivity index (χ2v) is 8.32. The van der Waals surface area contributed by atoms with Gasteiger partial charge in [0.25, 0.3) is 5.91 Å². The van der Waals surface area contributed by atoms with Crippen LogP contribution in [0.25, 0.3) is 0 Å². The van der Waals surface area contributed by atoms with E-state index < -0.39 is 9.84 Å². The minimum absolute atomic E-state index is 0.0522. The number of carbonyl (C=O) groups is 1. The summed E-state index contributed by atoms with van der Waals surface area (Å²) in [5.41, 5.74) is 0.502. The van der Waals surface area contributed by atoms with E-state index in [1.54, 1.807) is 12.1 Å². The predicted octanol–water partition coefficient (Wildman–Crippen LogP) is 1.54. The number of likely N-dealkylation sites (N-methyl/N-ethyl adjacent to an activating group) is 1. The highest BCUT2D eigenvalue weighted by Gasteiger charge is 2.26. The first-order valence-corrected chi connectivity index (χ1v) is 9.69. The molecule has 1 heterocycles. The minimum Gasteiger partial charge on any atom is -0.333 e. The predicted molar refractivity (Wildman–Crippen MR) is 91.3 cm³/mol. The third-order valence-electron chi connectivity index (χ3n) is 4.25. The van der Waals surface area contributed by atoms with Crippen molar-refractivity contribution in [2.75, 3.05) is 32.4 Å². The summed E-state index contributed by atoms with van der Waals surface area (Å²) in [4.78, 5) is 16.8. The van der Waals surface area contributed by atoms with Crippen LogP contribution in [-0.4, -0.2) is 62.6 Å². The molecule has 6 nitrogen and oxygen atoms in total. The van der Waals surface area contributed by atoms with Gasteiger partial charge in [-0.2, -0.15) is 5.26 Å². The number of piperazine rings is 1. The van der Waals surface area contributed by atoms with Gasteiger partial charge in [0.05, 0.1) is 16.7 Å². The number of sulfone groups is 1. The van der Waals surface area contributed by atoms with Gasteiger partial charge in [-0.15, -0.1) is 0 Å². The number of amides is 1. The quantitative estimate of drug-likeness (QED) is 0.753. The number of rotatable bonds is 5. The molecule has 0 saturated carbocycles. The van der Waals surface area contributed by atoms with E-state index >= 15 is 0 Å². The fraction of sp³-hybridized carbons (Fsp3) is 0.529. The molecule has 1 aromatic carbocycles. The first-order valence-electron chi connectivity index (χ1n) is 8.04. The molecule has 1 fully saturated rings. The molecule has 0 radical (unpaired) electrons. The van der Waals surface area contributed by atoms with Crippen molar-refractivity contribution in [3.8, 4) is 6.07 Å². The standard InChI is InChI=1S/C17H23N3O3S/c1-14-13-19(2)10-11-20(14)17(21)15-5-7-16(8-6-15)24(22,23)12-4-3-9-18/h5-8,14H,3-4,10-13H2,1-2H3/t14-/m1/s1. The molecule has 1 aromatic rings. The molecule has 1 saturated heterocycles. The van der Waals surface area contributed by atoms with E-state index in [1.165, 1.54) is 12.1 Å². The van der Waals surface area contributed by atoms with Gasteiger partial charge >= 0.3 is 0 Å². The van der Waals surface area contributed by atoms with E-state index in [-0.39, 0.29) is 29.0 Å². The van der Waals surface area contributed by atoms with Gasteiger partial charge in [0.2, 0.25) is 0 Å². The summed E-state index contributed by atoms with van der Waals surface area (Å²) < 4.78 is 24.3. The molecule has 0 aromatic heterocycles. The molecule has 1 atom stereocenters. The second-order valence-electron chi connectivity index (χ2n) is 6.21. The number of hydrogen-bond donors (Lipinski definition) is 0. The largest absolute Gasteiger partial charge is 0.333 e. The van der Waals surface area contributed by atoms with Gasteiger partial charge in [-0.3, -0.25) is 4.79 Å². The highest BCUT2D eigenvalue weighted by atomic mass is 32.2. The average molecular weight is 349 g/mol. The third kappa shape index (κ3) is 4.34. The Labute approximate surface area is 143 Å². The monoisotopic (exact) mass is 349 g/mol. The zero-order valence-corrected chi connectivity index (χ0v) is 14.9. The molecule has 0 N–H and O–H groups in total. The summed E-state index contributed by atoms with van der Waals surface area (Å²) in [5, 5.41) is 8.50. The van der Waals surface area contributed by atoms with Crippen LogP contribution in [0.5, 0.6) is 0 Å². The minimum atomic E-state index is -3.40. The van der Waals surface area contributed by atoms with Crippen LogP contribution in [-0.2, 0) is 9.84 Å². The number of nitrogens with zero attached hydrogens (tertiary/aromatic N) is 3. The van der Waals surface area contributed by atoms with Gasteiger partial charge in [-0.05, 0) is 44.7 Å². The number of benzene rings is 1. The summed E-state index contributed by atoms with van der Waals surface area (Å²) in [6, 6.07) is 8.18. The zero-order chi connectivity index (χ0) is 17.7. The normalized spacial score (nSPS) is 19.0. The van der Waals surface area contributed by atoms with Crippen molar-refractivity contribution in [2.45, 2.75) is 30.7 Å². The number of unbranched alkanes of at least 4 members (excludes halogenated alkanes) is 1. The van der Waals surface area contributed by atoms with Gasteiger partial charge in [0, 0.05) is 37.7 Å². The summed E-state index contributed by atoms with van der Waals surface area (Å²) in [5.74, 6) is -0.118. The van der Waals surface area contributed by atoms with Crippen LogP contribution >= 0.6 is 0 Å². The molecule has 1 amide bonds. The van der Waals surface area contributed by atoms with Crippen LogP contribution < -0.4 is 0 Å². The highest BCUT2D eigenvalue weighted by Crippen LogP contribution is 2.17.